The number of halogens is 2. The van der Waals surface area contributed by atoms with E-state index in [1.165, 1.54) is 4.31 Å². The molecule has 1 unspecified atom stereocenters. The number of carbonyl (C=O) groups is 1. The van der Waals surface area contributed by atoms with Gasteiger partial charge in [0.1, 0.15) is 25.0 Å². The van der Waals surface area contributed by atoms with Crippen LogP contribution in [0.2, 0.25) is 10.0 Å². The van der Waals surface area contributed by atoms with Crippen LogP contribution in [0.15, 0.2) is 138 Å². The molecule has 6 aromatic rings. The maximum Gasteiger partial charge on any atom is 0.244 e. The first-order valence-corrected chi connectivity index (χ1v) is 21.3. The van der Waals surface area contributed by atoms with E-state index in [1.807, 2.05) is 85.8 Å². The number of nitriles is 1. The maximum atomic E-state index is 14.2. The van der Waals surface area contributed by atoms with Crippen molar-refractivity contribution in [2.24, 2.45) is 0 Å². The number of nitrogens with one attached hydrogen (secondary N) is 1. The van der Waals surface area contributed by atoms with Crippen LogP contribution < -0.4 is 19.5 Å². The van der Waals surface area contributed by atoms with Crippen molar-refractivity contribution in [3.8, 4) is 34.4 Å². The highest BCUT2D eigenvalue weighted by Gasteiger charge is 2.41. The molecule has 2 aliphatic rings. The summed E-state index contributed by atoms with van der Waals surface area (Å²) in [4.78, 5) is 14.2. The monoisotopic (exact) mass is 843 g/mol. The van der Waals surface area contributed by atoms with Crippen molar-refractivity contribution >= 4 is 39.1 Å². The Balaban J connectivity index is 0.968. The van der Waals surface area contributed by atoms with Crippen LogP contribution in [0, 0.1) is 11.3 Å². The predicted octanol–water partition coefficient (Wildman–Crippen LogP) is 9.49. The van der Waals surface area contributed by atoms with Crippen molar-refractivity contribution in [1.82, 2.24) is 9.62 Å². The van der Waals surface area contributed by atoms with Crippen LogP contribution >= 0.6 is 23.2 Å². The summed E-state index contributed by atoms with van der Waals surface area (Å²) in [5, 5.41) is 13.2. The molecule has 298 valence electrons. The molecular weight excluding hydrogens is 806 g/mol. The minimum absolute atomic E-state index is 0.0258. The molecule has 0 bridgehead atoms. The van der Waals surface area contributed by atoms with E-state index in [9.17, 15) is 13.2 Å². The number of ether oxygens (including phenoxy) is 3. The number of sulfonamides is 1. The highest BCUT2D eigenvalue weighted by Crippen LogP contribution is 2.42. The van der Waals surface area contributed by atoms with Crippen LogP contribution in [0.25, 0.3) is 11.1 Å². The highest BCUT2D eigenvalue weighted by molar-refractivity contribution is 7.89. The molecule has 3 atom stereocenters. The maximum absolute atomic E-state index is 14.2. The molecule has 0 spiro atoms. The molecule has 0 aliphatic carbocycles. The summed E-state index contributed by atoms with van der Waals surface area (Å²) >= 11 is 12.2. The Labute approximate surface area is 353 Å². The van der Waals surface area contributed by atoms with Gasteiger partial charge < -0.3 is 19.5 Å². The van der Waals surface area contributed by atoms with Gasteiger partial charge in [-0.05, 0) is 119 Å². The lowest BCUT2D eigenvalue weighted by Crippen LogP contribution is -2.54. The Hall–Kier alpha value is -5.83. The largest absolute Gasteiger partial charge is 0.489 e. The molecule has 59 heavy (non-hydrogen) atoms. The molecule has 0 fully saturated rings. The van der Waals surface area contributed by atoms with Gasteiger partial charge in [0.2, 0.25) is 15.9 Å². The molecule has 9 nitrogen and oxygen atoms in total. The lowest BCUT2D eigenvalue weighted by molar-refractivity contribution is -0.125. The van der Waals surface area contributed by atoms with Crippen molar-refractivity contribution in [2.75, 3.05) is 6.61 Å². The Bertz CT molecular complexity index is 2640. The van der Waals surface area contributed by atoms with Crippen molar-refractivity contribution in [3.63, 3.8) is 0 Å². The van der Waals surface area contributed by atoms with E-state index in [0.717, 1.165) is 38.9 Å². The SMILES string of the molecule is C[C@H](Cc1ccc(-c2ccc(C#N)cc2)cc1)NC(=O)[C@@H]1Cc2cc3c(cc2CN1S(=O)(=O)c1ccccc1)OC(c1ccc(OCc2ccc(Cl)c(Cl)c2)cc1)CO3. The van der Waals surface area contributed by atoms with Gasteiger partial charge in [0.25, 0.3) is 0 Å². The molecule has 6 aromatic carbocycles. The normalized spacial score (nSPS) is 16.6. The van der Waals surface area contributed by atoms with Crippen molar-refractivity contribution < 1.29 is 27.4 Å². The standard InChI is InChI=1S/C47H39Cl2N3O6S/c1-30(21-31-7-12-34(13-8-31)35-14-9-32(26-50)10-15-35)51-47(53)43-23-37-24-44-45(25-38(37)27-52(43)59(54,55)40-5-3-2-4-6-40)58-46(29-57-44)36-16-18-39(19-17-36)56-28-33-11-20-41(48)42(49)22-33/h2-20,22,24-25,30,43,46H,21,23,27-29H2,1H3,(H,51,53)/t30-,43+,46?/m1/s1. The van der Waals surface area contributed by atoms with Crippen LogP contribution in [0.1, 0.15) is 46.4 Å². The van der Waals surface area contributed by atoms with Crippen molar-refractivity contribution in [2.45, 2.75) is 56.0 Å². The summed E-state index contributed by atoms with van der Waals surface area (Å²) < 4.78 is 48.4. The second-order valence-corrected chi connectivity index (χ2v) is 17.4. The summed E-state index contributed by atoms with van der Waals surface area (Å²) in [5.41, 5.74) is 6.97. The lowest BCUT2D eigenvalue weighted by atomic mass is 9.94. The van der Waals surface area contributed by atoms with Crippen LogP contribution in [-0.4, -0.2) is 37.3 Å². The fraction of sp³-hybridized carbons (Fsp3) is 0.191. The second-order valence-electron chi connectivity index (χ2n) is 14.7. The van der Waals surface area contributed by atoms with Gasteiger partial charge in [-0.3, -0.25) is 4.79 Å². The van der Waals surface area contributed by atoms with Gasteiger partial charge in [-0.25, -0.2) is 8.42 Å². The number of rotatable bonds is 11. The smallest absolute Gasteiger partial charge is 0.244 e. The van der Waals surface area contributed by atoms with Gasteiger partial charge in [-0.15, -0.1) is 0 Å². The summed E-state index contributed by atoms with van der Waals surface area (Å²) in [5.74, 6) is 1.33. The number of hydrogen-bond donors (Lipinski definition) is 1. The van der Waals surface area contributed by atoms with Gasteiger partial charge in [0.15, 0.2) is 17.6 Å². The molecule has 2 heterocycles. The third-order valence-electron chi connectivity index (χ3n) is 10.5. The Morgan fingerprint density at radius 3 is 2.22 bits per heavy atom. The Kier molecular flexibility index (Phi) is 11.6. The first kappa shape index (κ1) is 40.0. The topological polar surface area (TPSA) is 118 Å². The molecule has 0 aromatic heterocycles. The zero-order valence-electron chi connectivity index (χ0n) is 32.0. The van der Waals surface area contributed by atoms with Crippen molar-refractivity contribution in [1.29, 1.82) is 5.26 Å². The van der Waals surface area contributed by atoms with E-state index in [2.05, 4.69) is 11.4 Å². The minimum atomic E-state index is -4.08. The van der Waals surface area contributed by atoms with E-state index in [1.54, 1.807) is 54.6 Å². The quantitative estimate of drug-likeness (QED) is 0.138. The van der Waals surface area contributed by atoms with Gasteiger partial charge in [0.05, 0.1) is 26.6 Å². The number of benzene rings is 6. The molecule has 1 amide bonds. The fourth-order valence-corrected chi connectivity index (χ4v) is 9.29. The van der Waals surface area contributed by atoms with Gasteiger partial charge in [-0.1, -0.05) is 96.0 Å². The van der Waals surface area contributed by atoms with E-state index >= 15 is 0 Å². The molecule has 12 heteroatoms. The highest BCUT2D eigenvalue weighted by atomic mass is 35.5. The molecular formula is C47H39Cl2N3O6S. The van der Waals surface area contributed by atoms with Crippen molar-refractivity contribution in [3.05, 3.63) is 177 Å². The average molecular weight is 845 g/mol. The van der Waals surface area contributed by atoms with Crippen LogP contribution in [0.3, 0.4) is 0 Å². The van der Waals surface area contributed by atoms with E-state index in [-0.39, 0.29) is 36.4 Å². The van der Waals surface area contributed by atoms with Gasteiger partial charge in [-0.2, -0.15) is 9.57 Å². The van der Waals surface area contributed by atoms with Gasteiger partial charge >= 0.3 is 0 Å². The van der Waals surface area contributed by atoms with Crippen LogP contribution in [-0.2, 0) is 40.8 Å². The summed E-state index contributed by atoms with van der Waals surface area (Å²) in [6.45, 7) is 2.48. The third kappa shape index (κ3) is 8.94. The molecule has 8 rings (SSSR count). The van der Waals surface area contributed by atoms with E-state index in [0.29, 0.717) is 45.9 Å². The number of nitrogens with zero attached hydrogens (tertiary/aromatic N) is 2. The molecule has 2 aliphatic heterocycles. The van der Waals surface area contributed by atoms with Crippen LogP contribution in [0.4, 0.5) is 0 Å². The third-order valence-corrected chi connectivity index (χ3v) is 13.1. The summed E-state index contributed by atoms with van der Waals surface area (Å²) in [6, 6.07) is 41.2. The molecule has 1 N–H and O–H groups in total. The van der Waals surface area contributed by atoms with E-state index in [4.69, 9.17) is 42.7 Å². The first-order chi connectivity index (χ1) is 28.5. The molecule has 0 saturated carbocycles. The Morgan fingerprint density at radius 2 is 1.53 bits per heavy atom. The van der Waals surface area contributed by atoms with E-state index < -0.39 is 22.2 Å². The first-order valence-electron chi connectivity index (χ1n) is 19.1. The summed E-state index contributed by atoms with van der Waals surface area (Å²) in [7, 11) is -4.08. The zero-order chi connectivity index (χ0) is 41.1. The lowest BCUT2D eigenvalue weighted by Gasteiger charge is -2.37. The van der Waals surface area contributed by atoms with Crippen LogP contribution in [0.5, 0.6) is 17.2 Å². The molecule has 0 saturated heterocycles. The zero-order valence-corrected chi connectivity index (χ0v) is 34.3. The summed E-state index contributed by atoms with van der Waals surface area (Å²) in [6.07, 6.45) is 0.287. The minimum Gasteiger partial charge on any atom is -0.489 e. The average Bonchev–Trinajstić information content (AvgIpc) is 3.26. The fourth-order valence-electron chi connectivity index (χ4n) is 7.38. The number of carbonyl (C=O) groups excluding carboxylic acids is 1. The Morgan fingerprint density at radius 1 is 0.847 bits per heavy atom. The number of fused-ring (bicyclic) bond motifs is 2. The molecule has 0 radical (unpaired) electrons. The number of amides is 1. The number of hydrogen-bond acceptors (Lipinski definition) is 7. The predicted molar refractivity (Wildman–Crippen MR) is 227 cm³/mol. The van der Waals surface area contributed by atoms with Gasteiger partial charge in [0, 0.05) is 12.6 Å². The second kappa shape index (κ2) is 17.2.